The third kappa shape index (κ3) is 3.73. The number of nitrogens with one attached hydrogen (secondary N) is 1. The van der Waals surface area contributed by atoms with Crippen molar-refractivity contribution in [3.05, 3.63) is 64.3 Å². The number of rotatable bonds is 4. The molecule has 0 spiro atoms. The second kappa shape index (κ2) is 6.80. The van der Waals surface area contributed by atoms with Crippen molar-refractivity contribution in [2.75, 3.05) is 10.2 Å². The van der Waals surface area contributed by atoms with E-state index in [4.69, 9.17) is 16.7 Å². The zero-order valence-corrected chi connectivity index (χ0v) is 16.1. The minimum absolute atomic E-state index is 0.0705. The van der Waals surface area contributed by atoms with Crippen LogP contribution in [0.1, 0.15) is 11.1 Å². The van der Waals surface area contributed by atoms with Crippen molar-refractivity contribution in [1.82, 2.24) is 0 Å². The molecule has 1 aliphatic heterocycles. The Kier molecular flexibility index (Phi) is 4.81. The van der Waals surface area contributed by atoms with Crippen LogP contribution in [0.3, 0.4) is 0 Å². The summed E-state index contributed by atoms with van der Waals surface area (Å²) < 4.78 is 22.6. The van der Waals surface area contributed by atoms with Gasteiger partial charge in [-0.2, -0.15) is 0 Å². The number of halogens is 1. The number of carbonyl (C=O) groups excluding carboxylic acids is 2. The van der Waals surface area contributed by atoms with Crippen molar-refractivity contribution < 1.29 is 18.0 Å². The largest absolute Gasteiger partial charge is 0.350 e. The zero-order chi connectivity index (χ0) is 19.9. The molecule has 0 radical (unpaired) electrons. The summed E-state index contributed by atoms with van der Waals surface area (Å²) >= 11 is 6.09. The fourth-order valence-corrected chi connectivity index (χ4v) is 3.53. The lowest BCUT2D eigenvalue weighted by Crippen LogP contribution is -2.32. The van der Waals surface area contributed by atoms with Crippen molar-refractivity contribution in [1.29, 1.82) is 0 Å². The van der Waals surface area contributed by atoms with Crippen molar-refractivity contribution in [2.45, 2.75) is 18.7 Å². The highest BCUT2D eigenvalue weighted by molar-refractivity contribution is 7.89. The van der Waals surface area contributed by atoms with E-state index in [2.05, 4.69) is 5.32 Å². The molecule has 0 bridgehead atoms. The first-order valence-corrected chi connectivity index (χ1v) is 9.77. The van der Waals surface area contributed by atoms with Crippen LogP contribution in [-0.2, 0) is 19.6 Å². The third-order valence-electron chi connectivity index (χ3n) is 3.94. The lowest BCUT2D eigenvalue weighted by Gasteiger charge is -2.16. The minimum Gasteiger partial charge on any atom is -0.350 e. The molecular weight excluding hydrogens is 390 g/mol. The van der Waals surface area contributed by atoms with E-state index in [9.17, 15) is 18.0 Å². The molecule has 0 aromatic heterocycles. The Bertz CT molecular complexity index is 1070. The van der Waals surface area contributed by atoms with E-state index in [1.807, 2.05) is 19.9 Å². The summed E-state index contributed by atoms with van der Waals surface area (Å²) in [7, 11) is -3.83. The van der Waals surface area contributed by atoms with Gasteiger partial charge in [0.1, 0.15) is 10.7 Å². The Morgan fingerprint density at radius 2 is 1.52 bits per heavy atom. The Hall–Kier alpha value is -2.68. The van der Waals surface area contributed by atoms with Gasteiger partial charge < -0.3 is 5.32 Å². The molecule has 1 heterocycles. The van der Waals surface area contributed by atoms with E-state index in [0.29, 0.717) is 11.4 Å². The predicted octanol–water partition coefficient (Wildman–Crippen LogP) is 2.39. The molecule has 0 saturated carbocycles. The van der Waals surface area contributed by atoms with E-state index in [1.165, 1.54) is 24.3 Å². The third-order valence-corrected chi connectivity index (χ3v) is 5.22. The summed E-state index contributed by atoms with van der Waals surface area (Å²) in [5.41, 5.74) is 2.55. The molecule has 2 aromatic carbocycles. The molecule has 3 N–H and O–H groups in total. The van der Waals surface area contributed by atoms with Crippen LogP contribution in [0.25, 0.3) is 0 Å². The number of hydrogen-bond donors (Lipinski definition) is 2. The smallest absolute Gasteiger partial charge is 0.283 e. The molecule has 0 atom stereocenters. The monoisotopic (exact) mass is 405 g/mol. The Balaban J connectivity index is 1.90. The highest BCUT2D eigenvalue weighted by atomic mass is 35.5. The fourth-order valence-electron chi connectivity index (χ4n) is 2.80. The van der Waals surface area contributed by atoms with Crippen molar-refractivity contribution in [3.63, 3.8) is 0 Å². The quantitative estimate of drug-likeness (QED) is 0.759. The van der Waals surface area contributed by atoms with Gasteiger partial charge in [0.05, 0.1) is 10.6 Å². The van der Waals surface area contributed by atoms with Gasteiger partial charge >= 0.3 is 0 Å². The minimum atomic E-state index is -3.83. The number of imide groups is 1. The van der Waals surface area contributed by atoms with Gasteiger partial charge in [-0.05, 0) is 61.4 Å². The van der Waals surface area contributed by atoms with E-state index in [1.54, 1.807) is 12.1 Å². The van der Waals surface area contributed by atoms with E-state index >= 15 is 0 Å². The summed E-state index contributed by atoms with van der Waals surface area (Å²) in [6.07, 6.45) is 0. The van der Waals surface area contributed by atoms with Crippen molar-refractivity contribution in [3.8, 4) is 0 Å². The summed E-state index contributed by atoms with van der Waals surface area (Å²) in [5, 5.41) is 7.59. The standard InChI is InChI=1S/C18H16ClN3O4S/c1-10-7-11(2)9-13(8-10)22-17(23)15(19)16(18(22)24)21-12-3-5-14(6-4-12)27(20,25)26/h3-9,21H,1-2H3,(H2,20,25,26). The Morgan fingerprint density at radius 3 is 2.04 bits per heavy atom. The van der Waals surface area contributed by atoms with E-state index < -0.39 is 21.8 Å². The van der Waals surface area contributed by atoms with Crippen molar-refractivity contribution in [2.24, 2.45) is 5.14 Å². The number of amides is 2. The number of carbonyl (C=O) groups is 2. The molecular formula is C18H16ClN3O4S. The molecule has 27 heavy (non-hydrogen) atoms. The van der Waals surface area contributed by atoms with Crippen LogP contribution in [0.15, 0.2) is 58.1 Å². The van der Waals surface area contributed by atoms with Crippen LogP contribution in [0, 0.1) is 13.8 Å². The van der Waals surface area contributed by atoms with Gasteiger partial charge in [-0.3, -0.25) is 9.59 Å². The fraction of sp³-hybridized carbons (Fsp3) is 0.111. The molecule has 0 saturated heterocycles. The molecule has 2 aromatic rings. The average molecular weight is 406 g/mol. The number of hydrogen-bond acceptors (Lipinski definition) is 5. The van der Waals surface area contributed by atoms with E-state index in [-0.39, 0.29) is 15.6 Å². The van der Waals surface area contributed by atoms with Crippen LogP contribution in [0.4, 0.5) is 11.4 Å². The number of primary sulfonamides is 1. The van der Waals surface area contributed by atoms with Crippen LogP contribution < -0.4 is 15.4 Å². The first-order chi connectivity index (χ1) is 12.6. The highest BCUT2D eigenvalue weighted by Gasteiger charge is 2.39. The number of benzene rings is 2. The molecule has 140 valence electrons. The summed E-state index contributed by atoms with van der Waals surface area (Å²) in [4.78, 5) is 26.2. The number of nitrogens with zero attached hydrogens (tertiary/aromatic N) is 1. The maximum absolute atomic E-state index is 12.8. The van der Waals surface area contributed by atoms with Gasteiger partial charge in [0, 0.05) is 5.69 Å². The lowest BCUT2D eigenvalue weighted by atomic mass is 10.1. The highest BCUT2D eigenvalue weighted by Crippen LogP contribution is 2.31. The number of sulfonamides is 1. The number of anilines is 2. The normalized spacial score (nSPS) is 14.9. The van der Waals surface area contributed by atoms with Gasteiger partial charge in [-0.25, -0.2) is 18.5 Å². The number of nitrogens with two attached hydrogens (primary N) is 1. The van der Waals surface area contributed by atoms with Gasteiger partial charge in [0.2, 0.25) is 10.0 Å². The number of aryl methyl sites for hydroxylation is 2. The van der Waals surface area contributed by atoms with E-state index in [0.717, 1.165) is 16.0 Å². The molecule has 0 unspecified atom stereocenters. The molecule has 0 aliphatic carbocycles. The van der Waals surface area contributed by atoms with Crippen LogP contribution in [0.2, 0.25) is 0 Å². The van der Waals surface area contributed by atoms with Crippen molar-refractivity contribution >= 4 is 44.8 Å². The Labute approximate surface area is 161 Å². The molecule has 0 fully saturated rings. The summed E-state index contributed by atoms with van der Waals surface area (Å²) in [5.74, 6) is -1.22. The molecule has 7 nitrogen and oxygen atoms in total. The first-order valence-electron chi connectivity index (χ1n) is 7.84. The van der Waals surface area contributed by atoms with Gasteiger partial charge in [0.15, 0.2) is 0 Å². The molecule has 2 amide bonds. The SMILES string of the molecule is Cc1cc(C)cc(N2C(=O)C(Cl)=C(Nc3ccc(S(N)(=O)=O)cc3)C2=O)c1. The molecule has 9 heteroatoms. The average Bonchev–Trinajstić information content (AvgIpc) is 2.77. The second-order valence-corrected chi connectivity index (χ2v) is 8.11. The van der Waals surface area contributed by atoms with Crippen LogP contribution in [0.5, 0.6) is 0 Å². The van der Waals surface area contributed by atoms with Gasteiger partial charge in [-0.15, -0.1) is 0 Å². The van der Waals surface area contributed by atoms with Crippen LogP contribution >= 0.6 is 11.6 Å². The lowest BCUT2D eigenvalue weighted by molar-refractivity contribution is -0.120. The maximum atomic E-state index is 12.8. The predicted molar refractivity (Wildman–Crippen MR) is 103 cm³/mol. The topological polar surface area (TPSA) is 110 Å². The first kappa shape index (κ1) is 19.1. The summed E-state index contributed by atoms with van der Waals surface area (Å²) in [6.45, 7) is 3.73. The molecule has 1 aliphatic rings. The van der Waals surface area contributed by atoms with Gasteiger partial charge in [0.25, 0.3) is 11.8 Å². The second-order valence-electron chi connectivity index (χ2n) is 6.17. The maximum Gasteiger partial charge on any atom is 0.283 e. The summed E-state index contributed by atoms with van der Waals surface area (Å²) in [6, 6.07) is 10.8. The Morgan fingerprint density at radius 1 is 0.963 bits per heavy atom. The van der Waals surface area contributed by atoms with Crippen LogP contribution in [-0.4, -0.2) is 20.2 Å². The molecule has 3 rings (SSSR count). The zero-order valence-electron chi connectivity index (χ0n) is 14.5. The van der Waals surface area contributed by atoms with Gasteiger partial charge in [-0.1, -0.05) is 17.7 Å².